The quantitative estimate of drug-likeness (QED) is 0.877. The monoisotopic (exact) mass is 274 g/mol. The van der Waals surface area contributed by atoms with Crippen molar-refractivity contribution < 1.29 is 13.9 Å². The van der Waals surface area contributed by atoms with Gasteiger partial charge in [-0.05, 0) is 31.2 Å². The number of hydrogen-bond acceptors (Lipinski definition) is 4. The van der Waals surface area contributed by atoms with Crippen LogP contribution in [0.2, 0.25) is 0 Å². The van der Waals surface area contributed by atoms with Crippen molar-refractivity contribution in [2.75, 3.05) is 17.7 Å². The van der Waals surface area contributed by atoms with Gasteiger partial charge in [-0.2, -0.15) is 0 Å². The van der Waals surface area contributed by atoms with E-state index in [2.05, 4.69) is 10.6 Å². The maximum absolute atomic E-state index is 11.1. The molecule has 1 unspecified atom stereocenters. The number of nitrogens with one attached hydrogen (secondary N) is 2. The number of hydrogen-bond donors (Lipinski definition) is 2. The predicted molar refractivity (Wildman–Crippen MR) is 78.0 cm³/mol. The Bertz CT molecular complexity index is 579. The van der Waals surface area contributed by atoms with Crippen LogP contribution in [0, 0.1) is 0 Å². The van der Waals surface area contributed by atoms with Crippen LogP contribution in [0.1, 0.15) is 25.5 Å². The zero-order valence-electron chi connectivity index (χ0n) is 11.8. The first kappa shape index (κ1) is 14.0. The van der Waals surface area contributed by atoms with Gasteiger partial charge < -0.3 is 19.8 Å². The first-order chi connectivity index (χ1) is 9.60. The Morgan fingerprint density at radius 1 is 1.35 bits per heavy atom. The molecule has 0 bridgehead atoms. The average Bonchev–Trinajstić information content (AvgIpc) is 2.92. The molecule has 20 heavy (non-hydrogen) atoms. The minimum atomic E-state index is -0.107. The summed E-state index contributed by atoms with van der Waals surface area (Å²) in [6.07, 6.45) is 3.33. The van der Waals surface area contributed by atoms with E-state index in [0.717, 1.165) is 22.7 Å². The van der Waals surface area contributed by atoms with Crippen LogP contribution >= 0.6 is 0 Å². The van der Waals surface area contributed by atoms with Gasteiger partial charge in [-0.1, -0.05) is 0 Å². The van der Waals surface area contributed by atoms with Crippen molar-refractivity contribution >= 4 is 17.3 Å². The second kappa shape index (κ2) is 6.14. The van der Waals surface area contributed by atoms with E-state index >= 15 is 0 Å². The molecule has 0 saturated heterocycles. The maximum Gasteiger partial charge on any atom is 0.221 e. The molecule has 1 amide bonds. The fraction of sp³-hybridized carbons (Fsp3) is 0.267. The molecule has 5 nitrogen and oxygen atoms in total. The van der Waals surface area contributed by atoms with Gasteiger partial charge in [0.1, 0.15) is 5.75 Å². The number of anilines is 2. The average molecular weight is 274 g/mol. The van der Waals surface area contributed by atoms with Gasteiger partial charge in [0.25, 0.3) is 0 Å². The largest absolute Gasteiger partial charge is 0.495 e. The molecule has 1 aromatic carbocycles. The van der Waals surface area contributed by atoms with Crippen molar-refractivity contribution in [3.8, 4) is 5.75 Å². The zero-order chi connectivity index (χ0) is 14.5. The first-order valence-electron chi connectivity index (χ1n) is 6.34. The molecule has 0 radical (unpaired) electrons. The summed E-state index contributed by atoms with van der Waals surface area (Å²) in [6.45, 7) is 3.50. The highest BCUT2D eigenvalue weighted by atomic mass is 16.5. The van der Waals surface area contributed by atoms with E-state index in [0.29, 0.717) is 0 Å². The zero-order valence-corrected chi connectivity index (χ0v) is 11.8. The third-order valence-corrected chi connectivity index (χ3v) is 2.94. The number of carbonyl (C=O) groups excluding carboxylic acids is 1. The molecule has 0 aliphatic rings. The van der Waals surface area contributed by atoms with Crippen molar-refractivity contribution in [2.24, 2.45) is 0 Å². The van der Waals surface area contributed by atoms with Gasteiger partial charge in [-0.25, -0.2) is 0 Å². The smallest absolute Gasteiger partial charge is 0.221 e. The third-order valence-electron chi connectivity index (χ3n) is 2.94. The highest BCUT2D eigenvalue weighted by Crippen LogP contribution is 2.31. The predicted octanol–water partition coefficient (Wildman–Crippen LogP) is 3.42. The number of carbonyl (C=O) groups is 1. The standard InChI is InChI=1S/C15H18N2O3/c1-10(12-6-7-20-9-12)16-14-8-13(17-11(2)18)4-5-15(14)19-3/h4-10,16H,1-3H3,(H,17,18). The van der Waals surface area contributed by atoms with E-state index in [1.54, 1.807) is 25.7 Å². The molecule has 1 atom stereocenters. The van der Waals surface area contributed by atoms with E-state index in [1.807, 2.05) is 25.1 Å². The highest BCUT2D eigenvalue weighted by Gasteiger charge is 2.11. The number of rotatable bonds is 5. The Kier molecular flexibility index (Phi) is 4.30. The lowest BCUT2D eigenvalue weighted by Gasteiger charge is -2.17. The minimum Gasteiger partial charge on any atom is -0.495 e. The van der Waals surface area contributed by atoms with Crippen LogP contribution in [0.3, 0.4) is 0 Å². The van der Waals surface area contributed by atoms with Crippen molar-refractivity contribution in [2.45, 2.75) is 19.9 Å². The summed E-state index contributed by atoms with van der Waals surface area (Å²) in [5, 5.41) is 6.09. The number of amides is 1. The van der Waals surface area contributed by atoms with Crippen molar-refractivity contribution in [3.05, 3.63) is 42.4 Å². The summed E-state index contributed by atoms with van der Waals surface area (Å²) < 4.78 is 10.4. The number of methoxy groups -OCH3 is 1. The molecule has 1 heterocycles. The number of ether oxygens (including phenoxy) is 1. The fourth-order valence-corrected chi connectivity index (χ4v) is 1.94. The molecule has 106 valence electrons. The van der Waals surface area contributed by atoms with E-state index in [-0.39, 0.29) is 11.9 Å². The van der Waals surface area contributed by atoms with Gasteiger partial charge in [0.2, 0.25) is 5.91 Å². The number of furan rings is 1. The van der Waals surface area contributed by atoms with Gasteiger partial charge in [0.05, 0.1) is 31.4 Å². The Balaban J connectivity index is 2.21. The molecule has 0 fully saturated rings. The van der Waals surface area contributed by atoms with Crippen LogP contribution in [-0.2, 0) is 4.79 Å². The lowest BCUT2D eigenvalue weighted by atomic mass is 10.1. The molecule has 2 N–H and O–H groups in total. The first-order valence-corrected chi connectivity index (χ1v) is 6.34. The van der Waals surface area contributed by atoms with Crippen molar-refractivity contribution in [1.29, 1.82) is 0 Å². The van der Waals surface area contributed by atoms with Gasteiger partial charge in [-0.3, -0.25) is 4.79 Å². The lowest BCUT2D eigenvalue weighted by Crippen LogP contribution is -2.09. The van der Waals surface area contributed by atoms with Gasteiger partial charge >= 0.3 is 0 Å². The Labute approximate surface area is 117 Å². The van der Waals surface area contributed by atoms with Crippen LogP contribution < -0.4 is 15.4 Å². The Morgan fingerprint density at radius 2 is 2.15 bits per heavy atom. The summed E-state index contributed by atoms with van der Waals surface area (Å²) in [5.41, 5.74) is 2.57. The Morgan fingerprint density at radius 3 is 2.75 bits per heavy atom. The van der Waals surface area contributed by atoms with Gasteiger partial charge in [0, 0.05) is 18.2 Å². The van der Waals surface area contributed by atoms with Crippen molar-refractivity contribution in [3.63, 3.8) is 0 Å². The number of benzene rings is 1. The van der Waals surface area contributed by atoms with E-state index in [4.69, 9.17) is 9.15 Å². The second-order valence-electron chi connectivity index (χ2n) is 4.52. The van der Waals surface area contributed by atoms with Crippen LogP contribution in [0.4, 0.5) is 11.4 Å². The van der Waals surface area contributed by atoms with E-state index in [1.165, 1.54) is 6.92 Å². The van der Waals surface area contributed by atoms with Crippen molar-refractivity contribution in [1.82, 2.24) is 0 Å². The summed E-state index contributed by atoms with van der Waals surface area (Å²) in [5.74, 6) is 0.610. The van der Waals surface area contributed by atoms with Crippen LogP contribution in [0.15, 0.2) is 41.2 Å². The van der Waals surface area contributed by atoms with Crippen LogP contribution in [0.25, 0.3) is 0 Å². The molecular formula is C15H18N2O3. The summed E-state index contributed by atoms with van der Waals surface area (Å²) in [4.78, 5) is 11.1. The molecule has 0 aliphatic carbocycles. The third kappa shape index (κ3) is 3.32. The van der Waals surface area contributed by atoms with E-state index < -0.39 is 0 Å². The fourth-order valence-electron chi connectivity index (χ4n) is 1.94. The summed E-state index contributed by atoms with van der Waals surface area (Å²) >= 11 is 0. The SMILES string of the molecule is COc1ccc(NC(C)=O)cc1NC(C)c1ccoc1. The molecule has 2 rings (SSSR count). The maximum atomic E-state index is 11.1. The van der Waals surface area contributed by atoms with Gasteiger partial charge in [0.15, 0.2) is 0 Å². The molecule has 0 spiro atoms. The molecule has 5 heteroatoms. The molecule has 2 aromatic rings. The normalized spacial score (nSPS) is 11.8. The Hall–Kier alpha value is -2.43. The second-order valence-corrected chi connectivity index (χ2v) is 4.52. The highest BCUT2D eigenvalue weighted by molar-refractivity contribution is 5.89. The van der Waals surface area contributed by atoms with Gasteiger partial charge in [-0.15, -0.1) is 0 Å². The summed E-state index contributed by atoms with van der Waals surface area (Å²) in [6, 6.07) is 7.43. The molecule has 0 aliphatic heterocycles. The molecule has 1 aromatic heterocycles. The van der Waals surface area contributed by atoms with E-state index in [9.17, 15) is 4.79 Å². The lowest BCUT2D eigenvalue weighted by molar-refractivity contribution is -0.114. The minimum absolute atomic E-state index is 0.0650. The summed E-state index contributed by atoms with van der Waals surface area (Å²) in [7, 11) is 1.61. The van der Waals surface area contributed by atoms with Crippen LogP contribution in [-0.4, -0.2) is 13.0 Å². The molecule has 0 saturated carbocycles. The van der Waals surface area contributed by atoms with Crippen LogP contribution in [0.5, 0.6) is 5.75 Å². The molecular weight excluding hydrogens is 256 g/mol. The topological polar surface area (TPSA) is 63.5 Å².